The summed E-state index contributed by atoms with van der Waals surface area (Å²) in [5.74, 6) is -2.71. The molecule has 0 aliphatic carbocycles. The highest BCUT2D eigenvalue weighted by atomic mass is 16.5. The number of hydrogen-bond donors (Lipinski definition) is 5. The fraction of sp³-hybridized carbons (Fsp3) is 0.812. The van der Waals surface area contributed by atoms with Crippen LogP contribution in [0.5, 0.6) is 0 Å². The van der Waals surface area contributed by atoms with Crippen molar-refractivity contribution in [2.75, 3.05) is 13.2 Å². The van der Waals surface area contributed by atoms with Crippen LogP contribution in [0.25, 0.3) is 0 Å². The number of esters is 1. The third-order valence-electron chi connectivity index (χ3n) is 3.86. The molecule has 0 aliphatic heterocycles. The first kappa shape index (κ1) is 21.7. The van der Waals surface area contributed by atoms with Crippen molar-refractivity contribution < 1.29 is 35.1 Å². The first-order valence-corrected chi connectivity index (χ1v) is 8.00. The molecule has 0 spiro atoms. The molecule has 4 atom stereocenters. The lowest BCUT2D eigenvalue weighted by Crippen LogP contribution is -2.32. The van der Waals surface area contributed by atoms with Crippen LogP contribution in [0.3, 0.4) is 0 Å². The summed E-state index contributed by atoms with van der Waals surface area (Å²) in [7, 11) is 0. The average Bonchev–Trinajstić information content (AvgIpc) is 2.56. The van der Waals surface area contributed by atoms with E-state index in [2.05, 4.69) is 13.8 Å². The highest BCUT2D eigenvalue weighted by molar-refractivity contribution is 5.86. The van der Waals surface area contributed by atoms with Crippen LogP contribution in [-0.4, -0.2) is 56.9 Å². The molecular weight excluding hydrogens is 304 g/mol. The fourth-order valence-corrected chi connectivity index (χ4v) is 1.92. The molecule has 0 fully saturated rings. The Kier molecular flexibility index (Phi) is 10.6. The van der Waals surface area contributed by atoms with Crippen molar-refractivity contribution in [3.05, 3.63) is 11.5 Å². The Morgan fingerprint density at radius 2 is 1.65 bits per heavy atom. The van der Waals surface area contributed by atoms with Gasteiger partial charge < -0.3 is 30.3 Å². The van der Waals surface area contributed by atoms with E-state index in [1.807, 2.05) is 6.92 Å². The largest absolute Gasteiger partial charge is 0.506 e. The SMILES string of the molecule is CCC(C)CCCC(C)COC(=O)/C(O)=C(\O)C(O)C(O)CO. The van der Waals surface area contributed by atoms with E-state index in [1.165, 1.54) is 0 Å². The average molecular weight is 334 g/mol. The van der Waals surface area contributed by atoms with E-state index < -0.39 is 36.3 Å². The zero-order valence-electron chi connectivity index (χ0n) is 14.1. The molecule has 0 heterocycles. The first-order chi connectivity index (χ1) is 10.7. The maximum Gasteiger partial charge on any atom is 0.377 e. The summed E-state index contributed by atoms with van der Waals surface area (Å²) in [6.07, 6.45) is 0.460. The van der Waals surface area contributed by atoms with E-state index in [0.717, 1.165) is 25.7 Å². The molecule has 23 heavy (non-hydrogen) atoms. The molecule has 0 aromatic rings. The zero-order chi connectivity index (χ0) is 18.0. The van der Waals surface area contributed by atoms with Gasteiger partial charge in [0.05, 0.1) is 13.2 Å². The summed E-state index contributed by atoms with van der Waals surface area (Å²) in [6.45, 7) is 5.48. The van der Waals surface area contributed by atoms with Crippen LogP contribution in [-0.2, 0) is 9.53 Å². The Balaban J connectivity index is 4.31. The maximum absolute atomic E-state index is 11.6. The molecule has 0 aromatic carbocycles. The van der Waals surface area contributed by atoms with Gasteiger partial charge in [-0.15, -0.1) is 0 Å². The second-order valence-corrected chi connectivity index (χ2v) is 6.08. The molecule has 7 nitrogen and oxygen atoms in total. The van der Waals surface area contributed by atoms with Gasteiger partial charge in [0.15, 0.2) is 5.76 Å². The predicted octanol–water partition coefficient (Wildman–Crippen LogP) is 1.42. The van der Waals surface area contributed by atoms with Crippen molar-refractivity contribution in [1.82, 2.24) is 0 Å². The molecular formula is C16H30O7. The number of hydrogen-bond acceptors (Lipinski definition) is 7. The lowest BCUT2D eigenvalue weighted by Gasteiger charge is -2.16. The number of carbonyl (C=O) groups is 1. The predicted molar refractivity (Wildman–Crippen MR) is 84.8 cm³/mol. The lowest BCUT2D eigenvalue weighted by molar-refractivity contribution is -0.144. The molecule has 0 saturated heterocycles. The summed E-state index contributed by atoms with van der Waals surface area (Å²) >= 11 is 0. The van der Waals surface area contributed by atoms with Gasteiger partial charge in [-0.3, -0.25) is 0 Å². The monoisotopic (exact) mass is 334 g/mol. The van der Waals surface area contributed by atoms with Crippen molar-refractivity contribution in [3.8, 4) is 0 Å². The normalized spacial score (nSPS) is 17.8. The van der Waals surface area contributed by atoms with E-state index in [1.54, 1.807) is 0 Å². The van der Waals surface area contributed by atoms with Crippen molar-refractivity contribution >= 4 is 5.97 Å². The minimum atomic E-state index is -1.96. The zero-order valence-corrected chi connectivity index (χ0v) is 14.1. The molecule has 4 unspecified atom stereocenters. The highest BCUT2D eigenvalue weighted by Crippen LogP contribution is 2.16. The summed E-state index contributed by atoms with van der Waals surface area (Å²) in [6, 6.07) is 0. The Bertz CT molecular complexity index is 381. The molecule has 0 bridgehead atoms. The fourth-order valence-electron chi connectivity index (χ4n) is 1.92. The Labute approximate surface area is 137 Å². The lowest BCUT2D eigenvalue weighted by atomic mass is 9.97. The van der Waals surface area contributed by atoms with Crippen molar-refractivity contribution in [3.63, 3.8) is 0 Å². The molecule has 0 radical (unpaired) electrons. The Morgan fingerprint density at radius 1 is 1.09 bits per heavy atom. The Morgan fingerprint density at radius 3 is 2.17 bits per heavy atom. The number of carbonyl (C=O) groups excluding carboxylic acids is 1. The highest BCUT2D eigenvalue weighted by Gasteiger charge is 2.27. The number of aliphatic hydroxyl groups excluding tert-OH is 5. The molecule has 0 rings (SSSR count). The van der Waals surface area contributed by atoms with Gasteiger partial charge in [-0.1, -0.05) is 40.0 Å². The minimum absolute atomic E-state index is 0.0787. The molecule has 0 amide bonds. The van der Waals surface area contributed by atoms with Gasteiger partial charge in [-0.05, 0) is 18.3 Å². The maximum atomic E-state index is 11.6. The van der Waals surface area contributed by atoms with Crippen LogP contribution in [0.1, 0.15) is 46.5 Å². The van der Waals surface area contributed by atoms with E-state index in [9.17, 15) is 20.1 Å². The second-order valence-electron chi connectivity index (χ2n) is 6.08. The van der Waals surface area contributed by atoms with E-state index in [-0.39, 0.29) is 12.5 Å². The minimum Gasteiger partial charge on any atom is -0.506 e. The standard InChI is InChI=1S/C16H30O7/c1-4-10(2)6-5-7-11(3)9-23-16(22)15(21)14(20)13(19)12(18)8-17/h10-13,17-21H,4-9H2,1-3H3/b15-14+. The number of aliphatic hydroxyl groups is 5. The van der Waals surface area contributed by atoms with Crippen molar-refractivity contribution in [2.24, 2.45) is 11.8 Å². The molecule has 7 heteroatoms. The first-order valence-electron chi connectivity index (χ1n) is 8.00. The van der Waals surface area contributed by atoms with Gasteiger partial charge in [-0.2, -0.15) is 0 Å². The summed E-state index contributed by atoms with van der Waals surface area (Å²) in [4.78, 5) is 11.6. The topological polar surface area (TPSA) is 127 Å². The quantitative estimate of drug-likeness (QED) is 0.220. The van der Waals surface area contributed by atoms with Crippen LogP contribution < -0.4 is 0 Å². The summed E-state index contributed by atoms with van der Waals surface area (Å²) in [5.41, 5.74) is 0. The third kappa shape index (κ3) is 8.20. The van der Waals surface area contributed by atoms with Crippen molar-refractivity contribution in [1.29, 1.82) is 0 Å². The van der Waals surface area contributed by atoms with Gasteiger partial charge in [0.1, 0.15) is 12.2 Å². The number of rotatable bonds is 11. The van der Waals surface area contributed by atoms with Gasteiger partial charge in [0, 0.05) is 0 Å². The summed E-state index contributed by atoms with van der Waals surface area (Å²) < 4.78 is 4.87. The van der Waals surface area contributed by atoms with E-state index >= 15 is 0 Å². The van der Waals surface area contributed by atoms with Gasteiger partial charge in [0.25, 0.3) is 0 Å². The Hall–Kier alpha value is -1.31. The van der Waals surface area contributed by atoms with Crippen LogP contribution in [0.4, 0.5) is 0 Å². The number of ether oxygens (including phenoxy) is 1. The van der Waals surface area contributed by atoms with E-state index in [4.69, 9.17) is 14.9 Å². The van der Waals surface area contributed by atoms with Crippen LogP contribution in [0, 0.1) is 11.8 Å². The van der Waals surface area contributed by atoms with Crippen molar-refractivity contribution in [2.45, 2.75) is 58.7 Å². The second kappa shape index (κ2) is 11.3. The van der Waals surface area contributed by atoms with E-state index in [0.29, 0.717) is 5.92 Å². The third-order valence-corrected chi connectivity index (χ3v) is 3.86. The van der Waals surface area contributed by atoms with Gasteiger partial charge >= 0.3 is 5.97 Å². The van der Waals surface area contributed by atoms with Gasteiger partial charge in [-0.25, -0.2) is 4.79 Å². The van der Waals surface area contributed by atoms with Crippen LogP contribution in [0.15, 0.2) is 11.5 Å². The summed E-state index contributed by atoms with van der Waals surface area (Å²) in [5, 5.41) is 46.1. The molecule has 136 valence electrons. The molecule has 0 aliphatic rings. The molecule has 0 aromatic heterocycles. The molecule has 5 N–H and O–H groups in total. The van der Waals surface area contributed by atoms with Crippen LogP contribution >= 0.6 is 0 Å². The smallest absolute Gasteiger partial charge is 0.377 e. The van der Waals surface area contributed by atoms with Crippen LogP contribution in [0.2, 0.25) is 0 Å². The molecule has 0 saturated carbocycles. The van der Waals surface area contributed by atoms with Gasteiger partial charge in [0.2, 0.25) is 5.76 Å².